The number of anilines is 3. The van der Waals surface area contributed by atoms with Crippen LogP contribution < -0.4 is 19.7 Å². The molecule has 1 saturated heterocycles. The lowest BCUT2D eigenvalue weighted by Crippen LogP contribution is -2.16. The summed E-state index contributed by atoms with van der Waals surface area (Å²) in [6, 6.07) is 9.63. The summed E-state index contributed by atoms with van der Waals surface area (Å²) in [5.74, 6) is 0.0601. The van der Waals surface area contributed by atoms with E-state index in [1.807, 2.05) is 6.07 Å². The highest BCUT2D eigenvalue weighted by atomic mass is 32.2. The fourth-order valence-corrected chi connectivity index (χ4v) is 5.51. The van der Waals surface area contributed by atoms with Crippen LogP contribution >= 0.6 is 11.3 Å². The number of fused-ring (bicyclic) bond motifs is 1. The summed E-state index contributed by atoms with van der Waals surface area (Å²) < 4.78 is 34.5. The van der Waals surface area contributed by atoms with E-state index >= 15 is 0 Å². The van der Waals surface area contributed by atoms with E-state index in [9.17, 15) is 13.2 Å². The number of aromatic nitrogens is 1. The molecule has 2 heterocycles. The number of sulfonamides is 1. The molecular formula is C20H22N4O4S2. The topological polar surface area (TPSA) is 101 Å². The third-order valence-electron chi connectivity index (χ3n) is 4.80. The van der Waals surface area contributed by atoms with Crippen LogP contribution in [0.4, 0.5) is 16.5 Å². The van der Waals surface area contributed by atoms with Crippen LogP contribution in [0.15, 0.2) is 41.3 Å². The molecule has 0 saturated carbocycles. The zero-order chi connectivity index (χ0) is 21.3. The molecule has 1 aliphatic rings. The first-order valence-electron chi connectivity index (χ1n) is 9.50. The van der Waals surface area contributed by atoms with Crippen LogP contribution in [0, 0.1) is 0 Å². The van der Waals surface area contributed by atoms with Crippen LogP contribution in [0.2, 0.25) is 0 Å². The van der Waals surface area contributed by atoms with Gasteiger partial charge in [-0.05, 0) is 49.2 Å². The second-order valence-corrected chi connectivity index (χ2v) is 9.71. The van der Waals surface area contributed by atoms with E-state index in [1.54, 1.807) is 23.5 Å². The minimum atomic E-state index is -3.86. The maximum absolute atomic E-state index is 12.9. The number of hydrogen-bond acceptors (Lipinski definition) is 7. The van der Waals surface area contributed by atoms with E-state index in [2.05, 4.69) is 19.9 Å². The molecule has 30 heavy (non-hydrogen) atoms. The Labute approximate surface area is 178 Å². The molecule has 10 heteroatoms. The van der Waals surface area contributed by atoms with E-state index in [0.29, 0.717) is 17.1 Å². The second kappa shape index (κ2) is 8.11. The largest absolute Gasteiger partial charge is 0.495 e. The van der Waals surface area contributed by atoms with Crippen molar-refractivity contribution in [3.63, 3.8) is 0 Å². The van der Waals surface area contributed by atoms with Crippen molar-refractivity contribution in [3.05, 3.63) is 36.4 Å². The summed E-state index contributed by atoms with van der Waals surface area (Å²) in [4.78, 5) is 18.4. The smallest absolute Gasteiger partial charge is 0.261 e. The summed E-state index contributed by atoms with van der Waals surface area (Å²) in [7, 11) is -2.41. The normalized spacial score (nSPS) is 14.1. The molecule has 3 aromatic rings. The van der Waals surface area contributed by atoms with E-state index in [1.165, 1.54) is 45.1 Å². The Bertz CT molecular complexity index is 1200. The monoisotopic (exact) mass is 446 g/mol. The molecule has 1 fully saturated rings. The first kappa shape index (κ1) is 20.4. The van der Waals surface area contributed by atoms with Gasteiger partial charge in [0.05, 0.1) is 33.6 Å². The molecule has 0 atom stereocenters. The average molecular weight is 447 g/mol. The molecule has 0 aliphatic carbocycles. The number of carbonyl (C=O) groups is 1. The zero-order valence-corrected chi connectivity index (χ0v) is 18.3. The molecule has 2 aromatic carbocycles. The number of carbonyl (C=O) groups excluding carboxylic acids is 1. The van der Waals surface area contributed by atoms with E-state index < -0.39 is 10.0 Å². The van der Waals surface area contributed by atoms with Crippen molar-refractivity contribution in [3.8, 4) is 5.75 Å². The highest BCUT2D eigenvalue weighted by molar-refractivity contribution is 7.92. The zero-order valence-electron chi connectivity index (χ0n) is 16.6. The maximum Gasteiger partial charge on any atom is 0.261 e. The van der Waals surface area contributed by atoms with Gasteiger partial charge < -0.3 is 15.0 Å². The predicted octanol–water partition coefficient (Wildman–Crippen LogP) is 3.66. The number of amides is 1. The molecule has 0 spiro atoms. The minimum Gasteiger partial charge on any atom is -0.495 e. The van der Waals surface area contributed by atoms with Gasteiger partial charge in [-0.15, -0.1) is 0 Å². The number of ether oxygens (including phenoxy) is 1. The molecule has 1 aliphatic heterocycles. The van der Waals surface area contributed by atoms with Gasteiger partial charge in [0.2, 0.25) is 5.91 Å². The molecule has 2 N–H and O–H groups in total. The van der Waals surface area contributed by atoms with Crippen LogP contribution in [-0.4, -0.2) is 39.5 Å². The molecule has 0 bridgehead atoms. The van der Waals surface area contributed by atoms with Gasteiger partial charge in [0.1, 0.15) is 5.75 Å². The van der Waals surface area contributed by atoms with Gasteiger partial charge in [-0.1, -0.05) is 11.3 Å². The van der Waals surface area contributed by atoms with Crippen molar-refractivity contribution in [2.24, 2.45) is 0 Å². The van der Waals surface area contributed by atoms with Gasteiger partial charge in [0.25, 0.3) is 10.0 Å². The lowest BCUT2D eigenvalue weighted by molar-refractivity contribution is -0.114. The molecule has 1 amide bonds. The summed E-state index contributed by atoms with van der Waals surface area (Å²) in [5.41, 5.74) is 1.60. The summed E-state index contributed by atoms with van der Waals surface area (Å²) in [5, 5.41) is 3.56. The number of hydrogen-bond donors (Lipinski definition) is 2. The number of methoxy groups -OCH3 is 1. The van der Waals surface area contributed by atoms with Gasteiger partial charge in [-0.3, -0.25) is 9.52 Å². The van der Waals surface area contributed by atoms with Gasteiger partial charge in [0.15, 0.2) is 5.13 Å². The van der Waals surface area contributed by atoms with Crippen LogP contribution in [-0.2, 0) is 14.8 Å². The molecule has 4 rings (SSSR count). The quantitative estimate of drug-likeness (QED) is 0.599. The Hall–Kier alpha value is -2.85. The molecule has 0 radical (unpaired) electrons. The van der Waals surface area contributed by atoms with E-state index in [-0.39, 0.29) is 10.8 Å². The Balaban J connectivity index is 1.61. The first-order chi connectivity index (χ1) is 14.4. The van der Waals surface area contributed by atoms with Gasteiger partial charge in [0, 0.05) is 20.0 Å². The van der Waals surface area contributed by atoms with Crippen molar-refractivity contribution in [1.29, 1.82) is 0 Å². The number of thiazole rings is 1. The third kappa shape index (κ3) is 4.19. The lowest BCUT2D eigenvalue weighted by atomic mass is 10.3. The maximum atomic E-state index is 12.9. The molecule has 158 valence electrons. The van der Waals surface area contributed by atoms with Crippen molar-refractivity contribution in [2.75, 3.05) is 35.1 Å². The highest BCUT2D eigenvalue weighted by Gasteiger charge is 2.19. The second-order valence-electron chi connectivity index (χ2n) is 7.02. The Morgan fingerprint density at radius 2 is 1.93 bits per heavy atom. The van der Waals surface area contributed by atoms with Crippen LogP contribution in [0.25, 0.3) is 10.2 Å². The van der Waals surface area contributed by atoms with E-state index in [4.69, 9.17) is 4.74 Å². The first-order valence-corrected chi connectivity index (χ1v) is 11.8. The summed E-state index contributed by atoms with van der Waals surface area (Å²) >= 11 is 1.56. The molecular weight excluding hydrogens is 424 g/mol. The van der Waals surface area contributed by atoms with Crippen molar-refractivity contribution in [1.82, 2.24) is 4.98 Å². The predicted molar refractivity (Wildman–Crippen MR) is 119 cm³/mol. The lowest BCUT2D eigenvalue weighted by Gasteiger charge is -2.12. The number of rotatable bonds is 6. The van der Waals surface area contributed by atoms with Crippen LogP contribution in [0.1, 0.15) is 19.8 Å². The van der Waals surface area contributed by atoms with Gasteiger partial charge >= 0.3 is 0 Å². The Kier molecular flexibility index (Phi) is 5.52. The number of benzene rings is 2. The van der Waals surface area contributed by atoms with Crippen LogP contribution in [0.5, 0.6) is 5.75 Å². The van der Waals surface area contributed by atoms with Gasteiger partial charge in [-0.25, -0.2) is 13.4 Å². The fourth-order valence-electron chi connectivity index (χ4n) is 3.38. The Morgan fingerprint density at radius 1 is 1.17 bits per heavy atom. The SMILES string of the molecule is COc1ccc(S(=O)(=O)Nc2ccc3nc(N4CCCC4)sc3c2)cc1NC(C)=O. The Morgan fingerprint density at radius 3 is 2.63 bits per heavy atom. The number of nitrogens with one attached hydrogen (secondary N) is 2. The highest BCUT2D eigenvalue weighted by Crippen LogP contribution is 2.33. The third-order valence-corrected chi connectivity index (χ3v) is 7.26. The summed E-state index contributed by atoms with van der Waals surface area (Å²) in [6.07, 6.45) is 2.34. The molecule has 8 nitrogen and oxygen atoms in total. The van der Waals surface area contributed by atoms with Gasteiger partial charge in [-0.2, -0.15) is 0 Å². The molecule has 0 unspecified atom stereocenters. The standard InChI is InChI=1S/C20H22N4O4S2/c1-13(25)21-17-12-15(6-8-18(17)28-2)30(26,27)23-14-5-7-16-19(11-14)29-20(22-16)24-9-3-4-10-24/h5-8,11-12,23H,3-4,9-10H2,1-2H3,(H,21,25). The van der Waals surface area contributed by atoms with Crippen molar-refractivity contribution < 1.29 is 17.9 Å². The average Bonchev–Trinajstić information content (AvgIpc) is 3.36. The summed E-state index contributed by atoms with van der Waals surface area (Å²) in [6.45, 7) is 3.36. The van der Waals surface area contributed by atoms with Crippen molar-refractivity contribution in [2.45, 2.75) is 24.7 Å². The fraction of sp³-hybridized carbons (Fsp3) is 0.300. The molecule has 1 aromatic heterocycles. The van der Waals surface area contributed by atoms with Crippen molar-refractivity contribution >= 4 is 54.0 Å². The van der Waals surface area contributed by atoms with E-state index in [0.717, 1.165) is 28.4 Å². The minimum absolute atomic E-state index is 0.0224. The van der Waals surface area contributed by atoms with Crippen LogP contribution in [0.3, 0.4) is 0 Å². The number of nitrogens with zero attached hydrogens (tertiary/aromatic N) is 2.